The first-order valence-corrected chi connectivity index (χ1v) is 13.8. The highest BCUT2D eigenvalue weighted by Gasteiger charge is 2.20. The Bertz CT molecular complexity index is 1430. The molecule has 0 spiro atoms. The number of hydrogen-bond donors (Lipinski definition) is 2. The predicted molar refractivity (Wildman–Crippen MR) is 154 cm³/mol. The Morgan fingerprint density at radius 1 is 1.05 bits per heavy atom. The Morgan fingerprint density at radius 3 is 2.62 bits per heavy atom. The van der Waals surface area contributed by atoms with Crippen LogP contribution in [0.1, 0.15) is 23.7 Å². The van der Waals surface area contributed by atoms with Crippen molar-refractivity contribution in [2.45, 2.75) is 23.5 Å². The van der Waals surface area contributed by atoms with Crippen LogP contribution in [0.3, 0.4) is 0 Å². The molecule has 4 rings (SSSR count). The zero-order chi connectivity index (χ0) is 26.4. The number of ether oxygens (including phenoxy) is 1. The van der Waals surface area contributed by atoms with Gasteiger partial charge in [-0.15, -0.1) is 23.1 Å². The fraction of sp³-hybridized carbons (Fsp3) is 0.148. The third kappa shape index (κ3) is 7.05. The molecular weight excluding hydrogens is 549 g/mol. The maximum absolute atomic E-state index is 13.0. The highest BCUT2D eigenvalue weighted by atomic mass is 35.5. The minimum absolute atomic E-state index is 0.138. The summed E-state index contributed by atoms with van der Waals surface area (Å²) in [4.78, 5) is 31.1. The van der Waals surface area contributed by atoms with Crippen LogP contribution in [-0.2, 0) is 4.79 Å². The molecular formula is C27H23Cl2N3O3S2. The van der Waals surface area contributed by atoms with E-state index in [4.69, 9.17) is 27.9 Å². The summed E-state index contributed by atoms with van der Waals surface area (Å²) in [7, 11) is 1.62. The average molecular weight is 573 g/mol. The van der Waals surface area contributed by atoms with Crippen molar-refractivity contribution in [3.63, 3.8) is 0 Å². The Morgan fingerprint density at radius 2 is 1.86 bits per heavy atom. The summed E-state index contributed by atoms with van der Waals surface area (Å²) in [6.45, 7) is 1.95. The third-order valence-corrected chi connectivity index (χ3v) is 7.97. The van der Waals surface area contributed by atoms with Crippen LogP contribution in [0.25, 0.3) is 11.3 Å². The number of thiazole rings is 1. The van der Waals surface area contributed by atoms with Gasteiger partial charge >= 0.3 is 0 Å². The summed E-state index contributed by atoms with van der Waals surface area (Å²) in [6.07, 6.45) is 0.613. The molecule has 2 amide bonds. The monoisotopic (exact) mass is 571 g/mol. The van der Waals surface area contributed by atoms with Crippen LogP contribution in [0.2, 0.25) is 10.0 Å². The molecule has 0 aliphatic carbocycles. The molecule has 0 saturated carbocycles. The van der Waals surface area contributed by atoms with Crippen LogP contribution < -0.4 is 15.4 Å². The normalized spacial score (nSPS) is 11.6. The van der Waals surface area contributed by atoms with Gasteiger partial charge in [0.1, 0.15) is 5.75 Å². The van der Waals surface area contributed by atoms with Gasteiger partial charge in [-0.25, -0.2) is 4.98 Å². The van der Waals surface area contributed by atoms with Crippen LogP contribution in [0.15, 0.2) is 77.0 Å². The highest BCUT2D eigenvalue weighted by molar-refractivity contribution is 8.00. The molecule has 0 fully saturated rings. The number of methoxy groups -OCH3 is 1. The Hall–Kier alpha value is -3.04. The molecule has 3 aromatic carbocycles. The van der Waals surface area contributed by atoms with Gasteiger partial charge in [0.2, 0.25) is 5.91 Å². The number of halogens is 2. The van der Waals surface area contributed by atoms with Gasteiger partial charge in [0.25, 0.3) is 5.91 Å². The van der Waals surface area contributed by atoms with E-state index in [1.165, 1.54) is 29.2 Å². The molecule has 0 bridgehead atoms. The summed E-state index contributed by atoms with van der Waals surface area (Å²) >= 11 is 14.9. The highest BCUT2D eigenvalue weighted by Crippen LogP contribution is 2.31. The number of nitrogens with one attached hydrogen (secondary N) is 2. The summed E-state index contributed by atoms with van der Waals surface area (Å²) in [5, 5.41) is 8.59. The molecule has 0 radical (unpaired) electrons. The number of anilines is 2. The average Bonchev–Trinajstić information content (AvgIpc) is 3.36. The van der Waals surface area contributed by atoms with Gasteiger partial charge in [0.05, 0.1) is 28.6 Å². The van der Waals surface area contributed by atoms with Gasteiger partial charge in [-0.1, -0.05) is 48.3 Å². The number of thioether (sulfide) groups is 1. The smallest absolute Gasteiger partial charge is 0.257 e. The molecule has 6 nitrogen and oxygen atoms in total. The Kier molecular flexibility index (Phi) is 9.10. The maximum Gasteiger partial charge on any atom is 0.257 e. The first kappa shape index (κ1) is 27.0. The van der Waals surface area contributed by atoms with Crippen LogP contribution in [0.5, 0.6) is 5.75 Å². The number of rotatable bonds is 9. The van der Waals surface area contributed by atoms with Crippen molar-refractivity contribution in [2.24, 2.45) is 0 Å². The van der Waals surface area contributed by atoms with E-state index in [1.807, 2.05) is 54.8 Å². The van der Waals surface area contributed by atoms with Crippen molar-refractivity contribution in [3.05, 3.63) is 87.7 Å². The van der Waals surface area contributed by atoms with Gasteiger partial charge in [0, 0.05) is 26.5 Å². The van der Waals surface area contributed by atoms with Crippen LogP contribution >= 0.6 is 46.3 Å². The molecule has 10 heteroatoms. The summed E-state index contributed by atoms with van der Waals surface area (Å²) in [5.41, 5.74) is 2.60. The molecule has 2 N–H and O–H groups in total. The van der Waals surface area contributed by atoms with E-state index in [1.54, 1.807) is 25.3 Å². The van der Waals surface area contributed by atoms with E-state index in [0.717, 1.165) is 21.9 Å². The number of aromatic nitrogens is 1. The quantitative estimate of drug-likeness (QED) is 0.200. The van der Waals surface area contributed by atoms with E-state index in [9.17, 15) is 9.59 Å². The molecule has 0 aliphatic heterocycles. The van der Waals surface area contributed by atoms with Crippen LogP contribution in [0, 0.1) is 0 Å². The van der Waals surface area contributed by atoms with E-state index in [2.05, 4.69) is 15.6 Å². The molecule has 190 valence electrons. The summed E-state index contributed by atoms with van der Waals surface area (Å²) in [6, 6.07) is 19.7. The molecule has 0 aliphatic rings. The van der Waals surface area contributed by atoms with E-state index < -0.39 is 0 Å². The molecule has 0 saturated heterocycles. The standard InChI is InChI=1S/C27H23Cl2N3O3S2/c1-3-24(26(34)32-27-31-23(15-36-27)16-6-4-8-19(12-16)35-2)37-20-9-5-7-18(14-20)30-25(33)21-11-10-17(28)13-22(21)29/h4-15,24H,3H2,1-2H3,(H,30,33)(H,31,32,34). The maximum atomic E-state index is 13.0. The lowest BCUT2D eigenvalue weighted by Crippen LogP contribution is -2.24. The lowest BCUT2D eigenvalue weighted by atomic mass is 10.2. The molecule has 1 atom stereocenters. The fourth-order valence-corrected chi connectivity index (χ4v) is 5.67. The van der Waals surface area contributed by atoms with Crippen molar-refractivity contribution in [1.29, 1.82) is 0 Å². The minimum Gasteiger partial charge on any atom is -0.497 e. The van der Waals surface area contributed by atoms with Crippen LogP contribution in [-0.4, -0.2) is 29.2 Å². The van der Waals surface area contributed by atoms with Gasteiger partial charge in [-0.2, -0.15) is 0 Å². The second-order valence-corrected chi connectivity index (χ2v) is 10.9. The molecule has 4 aromatic rings. The van der Waals surface area contributed by atoms with Crippen molar-refractivity contribution in [3.8, 4) is 17.0 Å². The topological polar surface area (TPSA) is 80.3 Å². The number of nitrogens with zero attached hydrogens (tertiary/aromatic N) is 1. The summed E-state index contributed by atoms with van der Waals surface area (Å²) < 4.78 is 5.28. The largest absolute Gasteiger partial charge is 0.497 e. The lowest BCUT2D eigenvalue weighted by molar-refractivity contribution is -0.115. The first-order valence-electron chi connectivity index (χ1n) is 11.3. The van der Waals surface area contributed by atoms with Gasteiger partial charge in [-0.3, -0.25) is 9.59 Å². The Balaban J connectivity index is 1.40. The van der Waals surface area contributed by atoms with E-state index in [-0.39, 0.29) is 22.1 Å². The number of carbonyl (C=O) groups is 2. The minimum atomic E-state index is -0.346. The first-order chi connectivity index (χ1) is 17.9. The molecule has 1 unspecified atom stereocenters. The van der Waals surface area contributed by atoms with E-state index in [0.29, 0.717) is 27.8 Å². The zero-order valence-corrected chi connectivity index (χ0v) is 23.1. The Labute approximate surface area is 233 Å². The van der Waals surface area contributed by atoms with Crippen LogP contribution in [0.4, 0.5) is 10.8 Å². The SMILES string of the molecule is CCC(Sc1cccc(NC(=O)c2ccc(Cl)cc2Cl)c1)C(=O)Nc1nc(-c2cccc(OC)c2)cs1. The second-order valence-electron chi connectivity index (χ2n) is 7.88. The lowest BCUT2D eigenvalue weighted by Gasteiger charge is -2.14. The summed E-state index contributed by atoms with van der Waals surface area (Å²) in [5.74, 6) is 0.263. The van der Waals surface area contributed by atoms with Crippen molar-refractivity contribution in [1.82, 2.24) is 4.98 Å². The number of carbonyl (C=O) groups excluding carboxylic acids is 2. The van der Waals surface area contributed by atoms with Gasteiger partial charge in [-0.05, 0) is 55.0 Å². The molecule has 1 heterocycles. The van der Waals surface area contributed by atoms with Gasteiger partial charge < -0.3 is 15.4 Å². The van der Waals surface area contributed by atoms with E-state index >= 15 is 0 Å². The van der Waals surface area contributed by atoms with Crippen molar-refractivity contribution >= 4 is 68.9 Å². The molecule has 37 heavy (non-hydrogen) atoms. The molecule has 1 aromatic heterocycles. The number of amides is 2. The van der Waals surface area contributed by atoms with Gasteiger partial charge in [0.15, 0.2) is 5.13 Å². The fourth-order valence-electron chi connectivity index (χ4n) is 3.44. The predicted octanol–water partition coefficient (Wildman–Crippen LogP) is 7.89. The van der Waals surface area contributed by atoms with Crippen molar-refractivity contribution in [2.75, 3.05) is 17.7 Å². The number of hydrogen-bond acceptors (Lipinski definition) is 6. The van der Waals surface area contributed by atoms with Crippen molar-refractivity contribution < 1.29 is 14.3 Å². The third-order valence-electron chi connectivity index (χ3n) is 5.31. The zero-order valence-electron chi connectivity index (χ0n) is 20.0. The number of benzene rings is 3. The second kappa shape index (κ2) is 12.5.